The minimum Gasteiger partial charge on any atom is -0.449 e. The second-order valence-electron chi connectivity index (χ2n) is 7.75. The van der Waals surface area contributed by atoms with Crippen LogP contribution in [-0.2, 0) is 20.9 Å². The summed E-state index contributed by atoms with van der Waals surface area (Å²) in [4.78, 5) is 24.5. The molecule has 1 N–H and O–H groups in total. The maximum absolute atomic E-state index is 12.5. The summed E-state index contributed by atoms with van der Waals surface area (Å²) < 4.78 is 11.3. The van der Waals surface area contributed by atoms with Crippen molar-refractivity contribution in [3.05, 3.63) is 95.6 Å². The van der Waals surface area contributed by atoms with E-state index in [-0.39, 0.29) is 12.5 Å². The van der Waals surface area contributed by atoms with Crippen molar-refractivity contribution in [1.82, 2.24) is 5.32 Å². The first kappa shape index (κ1) is 22.1. The van der Waals surface area contributed by atoms with Gasteiger partial charge in [0.05, 0.1) is 12.7 Å². The first-order valence-electron chi connectivity index (χ1n) is 10.5. The Labute approximate surface area is 192 Å². The number of hydrogen-bond acceptors (Lipinski definition) is 4. The molecule has 0 saturated carbocycles. The molecule has 6 heteroatoms. The van der Waals surface area contributed by atoms with Gasteiger partial charge in [0.15, 0.2) is 0 Å². The topological polar surface area (TPSA) is 64.6 Å². The highest BCUT2D eigenvalue weighted by atomic mass is 35.5. The van der Waals surface area contributed by atoms with Crippen molar-refractivity contribution in [2.24, 2.45) is 0 Å². The lowest BCUT2D eigenvalue weighted by Gasteiger charge is -2.22. The van der Waals surface area contributed by atoms with Crippen LogP contribution < -0.4 is 5.32 Å². The first-order valence-corrected chi connectivity index (χ1v) is 10.9. The highest BCUT2D eigenvalue weighted by molar-refractivity contribution is 6.65. The smallest absolute Gasteiger partial charge is 0.407 e. The van der Waals surface area contributed by atoms with Crippen molar-refractivity contribution in [2.75, 3.05) is 6.61 Å². The zero-order valence-corrected chi connectivity index (χ0v) is 18.4. The van der Waals surface area contributed by atoms with Gasteiger partial charge >= 0.3 is 6.09 Å². The zero-order valence-electron chi connectivity index (χ0n) is 17.7. The summed E-state index contributed by atoms with van der Waals surface area (Å²) in [6.07, 6.45) is -1.33. The van der Waals surface area contributed by atoms with E-state index in [0.29, 0.717) is 6.61 Å². The Morgan fingerprint density at radius 1 is 0.906 bits per heavy atom. The summed E-state index contributed by atoms with van der Waals surface area (Å²) in [6, 6.07) is 24.7. The Morgan fingerprint density at radius 2 is 1.47 bits per heavy atom. The van der Waals surface area contributed by atoms with E-state index in [2.05, 4.69) is 17.4 Å². The molecule has 0 radical (unpaired) electrons. The molecule has 2 atom stereocenters. The lowest BCUT2D eigenvalue weighted by Crippen LogP contribution is -2.47. The molecule has 0 aliphatic heterocycles. The predicted octanol–water partition coefficient (Wildman–Crippen LogP) is 5.26. The number of benzene rings is 3. The van der Waals surface area contributed by atoms with Crippen molar-refractivity contribution < 1.29 is 19.1 Å². The van der Waals surface area contributed by atoms with E-state index in [1.807, 2.05) is 66.7 Å². The molecule has 4 rings (SSSR count). The predicted molar refractivity (Wildman–Crippen MR) is 124 cm³/mol. The number of rotatable bonds is 8. The average Bonchev–Trinajstić information content (AvgIpc) is 3.14. The van der Waals surface area contributed by atoms with Gasteiger partial charge in [0, 0.05) is 5.92 Å². The van der Waals surface area contributed by atoms with E-state index in [0.717, 1.165) is 27.8 Å². The molecule has 1 aliphatic rings. The molecule has 0 saturated heterocycles. The number of hydrogen-bond donors (Lipinski definition) is 1. The van der Waals surface area contributed by atoms with E-state index < -0.39 is 23.5 Å². The standard InChI is InChI=1S/C26H24ClNO4/c1-17(31-15-18-9-3-2-4-10-18)24(25(27)29)28-26(30)32-16-23-21-13-7-5-11-19(21)20-12-6-8-14-22(20)23/h2-14,17,23-24H,15-16H2,1H3,(H,28,30)/t17-,24+/m1/s1. The molecule has 0 unspecified atom stereocenters. The van der Waals surface area contributed by atoms with Crippen LogP contribution >= 0.6 is 11.6 Å². The summed E-state index contributed by atoms with van der Waals surface area (Å²) >= 11 is 5.74. The summed E-state index contributed by atoms with van der Waals surface area (Å²) in [7, 11) is 0. The Hall–Kier alpha value is -3.15. The van der Waals surface area contributed by atoms with Gasteiger partial charge in [-0.1, -0.05) is 78.9 Å². The molecule has 0 aromatic heterocycles. The average molecular weight is 450 g/mol. The van der Waals surface area contributed by atoms with Gasteiger partial charge in [-0.15, -0.1) is 0 Å². The van der Waals surface area contributed by atoms with Crippen LogP contribution in [0, 0.1) is 0 Å². The molecule has 3 aromatic rings. The Balaban J connectivity index is 1.37. The number of ether oxygens (including phenoxy) is 2. The number of fused-ring (bicyclic) bond motifs is 3. The van der Waals surface area contributed by atoms with E-state index >= 15 is 0 Å². The van der Waals surface area contributed by atoms with Gasteiger partial charge in [0.25, 0.3) is 0 Å². The molecule has 0 fully saturated rings. The fourth-order valence-electron chi connectivity index (χ4n) is 4.02. The molecule has 0 spiro atoms. The zero-order chi connectivity index (χ0) is 22.5. The number of carbonyl (C=O) groups is 2. The minimum atomic E-state index is -1.02. The number of carbonyl (C=O) groups excluding carboxylic acids is 2. The van der Waals surface area contributed by atoms with Crippen LogP contribution in [0.4, 0.5) is 4.79 Å². The summed E-state index contributed by atoms with van der Waals surface area (Å²) in [5, 5.41) is 1.85. The SMILES string of the molecule is C[C@@H](OCc1ccccc1)[C@H](NC(=O)OCC1c2ccccc2-c2ccccc21)C(=O)Cl. The number of amides is 1. The molecule has 5 nitrogen and oxygen atoms in total. The molecular formula is C26H24ClNO4. The van der Waals surface area contributed by atoms with Crippen LogP contribution in [0.1, 0.15) is 29.5 Å². The fourth-order valence-corrected chi connectivity index (χ4v) is 4.26. The summed E-state index contributed by atoms with van der Waals surface area (Å²) in [5.74, 6) is -0.0648. The fraction of sp³-hybridized carbons (Fsp3) is 0.231. The van der Waals surface area contributed by atoms with Crippen LogP contribution in [0.15, 0.2) is 78.9 Å². The van der Waals surface area contributed by atoms with Gasteiger partial charge in [0.1, 0.15) is 12.6 Å². The minimum absolute atomic E-state index is 0.0648. The Kier molecular flexibility index (Phi) is 6.88. The Bertz CT molecular complexity index is 1060. The van der Waals surface area contributed by atoms with Gasteiger partial charge in [-0.3, -0.25) is 4.79 Å². The van der Waals surface area contributed by atoms with Crippen LogP contribution in [0.5, 0.6) is 0 Å². The lowest BCUT2D eigenvalue weighted by molar-refractivity contribution is -0.117. The molecule has 3 aromatic carbocycles. The van der Waals surface area contributed by atoms with Crippen molar-refractivity contribution >= 4 is 22.9 Å². The van der Waals surface area contributed by atoms with E-state index in [1.54, 1.807) is 6.92 Å². The maximum atomic E-state index is 12.5. The third-order valence-corrected chi connectivity index (χ3v) is 5.92. The van der Waals surface area contributed by atoms with Crippen LogP contribution in [0.25, 0.3) is 11.1 Å². The van der Waals surface area contributed by atoms with E-state index in [9.17, 15) is 9.59 Å². The van der Waals surface area contributed by atoms with Crippen LogP contribution in [-0.4, -0.2) is 30.1 Å². The molecule has 0 bridgehead atoms. The summed E-state index contributed by atoms with van der Waals surface area (Å²) in [5.41, 5.74) is 5.49. The summed E-state index contributed by atoms with van der Waals surface area (Å²) in [6.45, 7) is 2.15. The second kappa shape index (κ2) is 9.98. The molecule has 32 heavy (non-hydrogen) atoms. The van der Waals surface area contributed by atoms with Crippen molar-refractivity contribution in [2.45, 2.75) is 31.6 Å². The monoisotopic (exact) mass is 449 g/mol. The Morgan fingerprint density at radius 3 is 2.06 bits per heavy atom. The van der Waals surface area contributed by atoms with Crippen molar-refractivity contribution in [3.8, 4) is 11.1 Å². The molecule has 1 amide bonds. The van der Waals surface area contributed by atoms with E-state index in [4.69, 9.17) is 21.1 Å². The molecule has 164 valence electrons. The van der Waals surface area contributed by atoms with E-state index in [1.165, 1.54) is 0 Å². The van der Waals surface area contributed by atoms with Gasteiger partial charge in [0.2, 0.25) is 5.24 Å². The van der Waals surface area contributed by atoms with Crippen molar-refractivity contribution in [3.63, 3.8) is 0 Å². The number of nitrogens with one attached hydrogen (secondary N) is 1. The van der Waals surface area contributed by atoms with Gasteiger partial charge in [-0.25, -0.2) is 4.79 Å². The highest BCUT2D eigenvalue weighted by Gasteiger charge is 2.31. The van der Waals surface area contributed by atoms with Gasteiger partial charge in [-0.2, -0.15) is 0 Å². The first-order chi connectivity index (χ1) is 15.5. The normalized spacial score (nSPS) is 14.2. The van der Waals surface area contributed by atoms with Crippen LogP contribution in [0.2, 0.25) is 0 Å². The third-order valence-electron chi connectivity index (χ3n) is 5.69. The number of halogens is 1. The largest absolute Gasteiger partial charge is 0.449 e. The lowest BCUT2D eigenvalue weighted by atomic mass is 9.98. The molecule has 0 heterocycles. The maximum Gasteiger partial charge on any atom is 0.407 e. The second-order valence-corrected chi connectivity index (χ2v) is 8.13. The van der Waals surface area contributed by atoms with Gasteiger partial charge in [-0.05, 0) is 46.3 Å². The number of alkyl carbamates (subject to hydrolysis) is 1. The van der Waals surface area contributed by atoms with Crippen molar-refractivity contribution in [1.29, 1.82) is 0 Å². The molecular weight excluding hydrogens is 426 g/mol. The van der Waals surface area contributed by atoms with Crippen LogP contribution in [0.3, 0.4) is 0 Å². The highest BCUT2D eigenvalue weighted by Crippen LogP contribution is 2.44. The quantitative estimate of drug-likeness (QED) is 0.476. The third kappa shape index (κ3) is 4.85. The van der Waals surface area contributed by atoms with Gasteiger partial charge < -0.3 is 14.8 Å². The molecule has 1 aliphatic carbocycles.